The molecule has 0 fully saturated rings. The zero-order valence-electron chi connectivity index (χ0n) is 15.2. The molecule has 1 heterocycles. The van der Waals surface area contributed by atoms with Crippen LogP contribution in [0.4, 0.5) is 0 Å². The lowest BCUT2D eigenvalue weighted by Crippen LogP contribution is -2.22. The van der Waals surface area contributed by atoms with Crippen LogP contribution in [-0.4, -0.2) is 36.5 Å². The first-order valence-electron chi connectivity index (χ1n) is 8.14. The molecule has 0 aliphatic rings. The number of nitrogens with zero attached hydrogens (tertiary/aromatic N) is 3. The van der Waals surface area contributed by atoms with E-state index in [9.17, 15) is 10.1 Å². The maximum absolute atomic E-state index is 12.0. The summed E-state index contributed by atoms with van der Waals surface area (Å²) < 4.78 is 5.80. The van der Waals surface area contributed by atoms with Gasteiger partial charge in [0.2, 0.25) is 0 Å². The van der Waals surface area contributed by atoms with Gasteiger partial charge in [-0.3, -0.25) is 9.78 Å². The third-order valence-corrected chi connectivity index (χ3v) is 4.13. The van der Waals surface area contributed by atoms with Crippen molar-refractivity contribution in [3.8, 4) is 22.9 Å². The van der Waals surface area contributed by atoms with E-state index in [4.69, 9.17) is 22.1 Å². The molecule has 1 amide bonds. The van der Waals surface area contributed by atoms with Crippen LogP contribution in [0.5, 0.6) is 5.75 Å². The number of hydrogen-bond donors (Lipinski definition) is 1. The quantitative estimate of drug-likeness (QED) is 0.868. The fourth-order valence-electron chi connectivity index (χ4n) is 2.57. The Hall–Kier alpha value is -2.62. The minimum Gasteiger partial charge on any atom is -0.493 e. The van der Waals surface area contributed by atoms with Crippen LogP contribution in [0, 0.1) is 11.3 Å². The number of pyridine rings is 1. The summed E-state index contributed by atoms with van der Waals surface area (Å²) in [7, 11) is 3.32. The van der Waals surface area contributed by atoms with Crippen LogP contribution in [-0.2, 0) is 0 Å². The molecule has 0 saturated heterocycles. The highest BCUT2D eigenvalue weighted by molar-refractivity contribution is 6.32. The number of rotatable bonds is 5. The number of carbonyl (C=O) groups excluding carboxylic acids is 1. The van der Waals surface area contributed by atoms with Crippen molar-refractivity contribution < 1.29 is 9.53 Å². The largest absolute Gasteiger partial charge is 0.493 e. The van der Waals surface area contributed by atoms with E-state index in [0.29, 0.717) is 39.8 Å². The third-order valence-electron chi connectivity index (χ3n) is 3.83. The zero-order valence-corrected chi connectivity index (χ0v) is 16.0. The van der Waals surface area contributed by atoms with Gasteiger partial charge in [-0.05, 0) is 26.0 Å². The van der Waals surface area contributed by atoms with Gasteiger partial charge in [-0.1, -0.05) is 17.7 Å². The van der Waals surface area contributed by atoms with E-state index in [1.165, 1.54) is 11.1 Å². The SMILES string of the molecule is CCOc1c(C(C)N)cc(Cl)c(C#N)c1-c1ccc(C(=O)N(C)C)nc1. The van der Waals surface area contributed by atoms with Crippen LogP contribution in [0.25, 0.3) is 11.1 Å². The summed E-state index contributed by atoms with van der Waals surface area (Å²) in [6.07, 6.45) is 1.54. The molecule has 6 nitrogen and oxygen atoms in total. The molecule has 0 bridgehead atoms. The number of halogens is 1. The van der Waals surface area contributed by atoms with Crippen LogP contribution in [0.1, 0.15) is 41.5 Å². The molecule has 0 spiro atoms. The Kier molecular flexibility index (Phi) is 6.19. The first-order chi connectivity index (χ1) is 12.3. The first kappa shape index (κ1) is 19.7. The molecule has 0 saturated carbocycles. The van der Waals surface area contributed by atoms with E-state index in [-0.39, 0.29) is 17.5 Å². The molecule has 1 unspecified atom stereocenters. The number of amides is 1. The van der Waals surface area contributed by atoms with Gasteiger partial charge in [0.1, 0.15) is 17.5 Å². The summed E-state index contributed by atoms with van der Waals surface area (Å²) in [6, 6.07) is 6.80. The number of ether oxygens (including phenoxy) is 1. The highest BCUT2D eigenvalue weighted by Crippen LogP contribution is 2.41. The van der Waals surface area contributed by atoms with Crippen molar-refractivity contribution in [3.63, 3.8) is 0 Å². The fourth-order valence-corrected chi connectivity index (χ4v) is 2.83. The topological polar surface area (TPSA) is 92.2 Å². The molecule has 1 atom stereocenters. The Bertz CT molecular complexity index is 855. The maximum atomic E-state index is 12.0. The van der Waals surface area contributed by atoms with Crippen molar-refractivity contribution in [2.24, 2.45) is 5.73 Å². The number of hydrogen-bond acceptors (Lipinski definition) is 5. The number of nitrogens with two attached hydrogens (primary N) is 1. The van der Waals surface area contributed by atoms with E-state index >= 15 is 0 Å². The van der Waals surface area contributed by atoms with E-state index in [2.05, 4.69) is 11.1 Å². The van der Waals surface area contributed by atoms with Crippen LogP contribution >= 0.6 is 11.6 Å². The van der Waals surface area contributed by atoms with Gasteiger partial charge in [0, 0.05) is 43.0 Å². The van der Waals surface area contributed by atoms with Crippen molar-refractivity contribution in [1.29, 1.82) is 5.26 Å². The molecule has 1 aromatic carbocycles. The molecule has 136 valence electrons. The molecule has 0 aliphatic heterocycles. The highest BCUT2D eigenvalue weighted by atomic mass is 35.5. The predicted octanol–water partition coefficient (Wildman–Crippen LogP) is 3.39. The first-order valence-corrected chi connectivity index (χ1v) is 8.52. The Morgan fingerprint density at radius 2 is 2.15 bits per heavy atom. The molecule has 1 aromatic heterocycles. The second-order valence-electron chi connectivity index (χ2n) is 5.99. The van der Waals surface area contributed by atoms with Crippen LogP contribution in [0.15, 0.2) is 24.4 Å². The lowest BCUT2D eigenvalue weighted by atomic mass is 9.94. The molecular formula is C19H21ClN4O2. The minimum atomic E-state index is -0.330. The van der Waals surface area contributed by atoms with E-state index in [0.717, 1.165) is 0 Å². The van der Waals surface area contributed by atoms with Crippen LogP contribution < -0.4 is 10.5 Å². The summed E-state index contributed by atoms with van der Waals surface area (Å²) in [4.78, 5) is 17.7. The van der Waals surface area contributed by atoms with E-state index in [1.807, 2.05) is 13.8 Å². The molecule has 7 heteroatoms. The summed E-state index contributed by atoms with van der Waals surface area (Å²) in [5.41, 5.74) is 8.53. The van der Waals surface area contributed by atoms with Crippen molar-refractivity contribution in [2.75, 3.05) is 20.7 Å². The number of carbonyl (C=O) groups is 1. The average Bonchev–Trinajstić information content (AvgIpc) is 2.61. The highest BCUT2D eigenvalue weighted by Gasteiger charge is 2.22. The molecule has 2 N–H and O–H groups in total. The van der Waals surface area contributed by atoms with Crippen LogP contribution in [0.3, 0.4) is 0 Å². The molecule has 2 rings (SSSR count). The predicted molar refractivity (Wildman–Crippen MR) is 101 cm³/mol. The minimum absolute atomic E-state index is 0.204. The van der Waals surface area contributed by atoms with Gasteiger partial charge in [0.25, 0.3) is 5.91 Å². The Morgan fingerprint density at radius 1 is 1.46 bits per heavy atom. The Labute approximate surface area is 158 Å². The van der Waals surface area contributed by atoms with Gasteiger partial charge in [0.05, 0.1) is 17.2 Å². The van der Waals surface area contributed by atoms with E-state index in [1.54, 1.807) is 32.3 Å². The number of nitriles is 1. The summed E-state index contributed by atoms with van der Waals surface area (Å²) in [5, 5.41) is 9.89. The normalized spacial score (nSPS) is 11.6. The van der Waals surface area contributed by atoms with Gasteiger partial charge in [0.15, 0.2) is 0 Å². The Morgan fingerprint density at radius 3 is 2.62 bits per heavy atom. The second-order valence-corrected chi connectivity index (χ2v) is 6.40. The third kappa shape index (κ3) is 3.79. The summed E-state index contributed by atoms with van der Waals surface area (Å²) >= 11 is 6.31. The number of benzene rings is 1. The second kappa shape index (κ2) is 8.17. The molecule has 26 heavy (non-hydrogen) atoms. The van der Waals surface area contributed by atoms with Crippen molar-refractivity contribution >= 4 is 17.5 Å². The molecule has 0 aliphatic carbocycles. The lowest BCUT2D eigenvalue weighted by Gasteiger charge is -2.20. The van der Waals surface area contributed by atoms with Crippen molar-refractivity contribution in [2.45, 2.75) is 19.9 Å². The summed E-state index contributed by atoms with van der Waals surface area (Å²) in [5.74, 6) is 0.307. The van der Waals surface area contributed by atoms with Gasteiger partial charge < -0.3 is 15.4 Å². The van der Waals surface area contributed by atoms with Crippen molar-refractivity contribution in [3.05, 3.63) is 46.2 Å². The number of aromatic nitrogens is 1. The van der Waals surface area contributed by atoms with Gasteiger partial charge >= 0.3 is 0 Å². The lowest BCUT2D eigenvalue weighted by molar-refractivity contribution is 0.0822. The van der Waals surface area contributed by atoms with Crippen molar-refractivity contribution in [1.82, 2.24) is 9.88 Å². The average molecular weight is 373 g/mol. The zero-order chi connectivity index (χ0) is 19.4. The summed E-state index contributed by atoms with van der Waals surface area (Å²) in [6.45, 7) is 4.08. The Balaban J connectivity index is 2.71. The molecular weight excluding hydrogens is 352 g/mol. The smallest absolute Gasteiger partial charge is 0.271 e. The fraction of sp³-hybridized carbons (Fsp3) is 0.316. The maximum Gasteiger partial charge on any atom is 0.271 e. The van der Waals surface area contributed by atoms with Crippen LogP contribution in [0.2, 0.25) is 5.02 Å². The molecule has 2 aromatic rings. The van der Waals surface area contributed by atoms with Gasteiger partial charge in [-0.2, -0.15) is 5.26 Å². The monoisotopic (exact) mass is 372 g/mol. The molecule has 0 radical (unpaired) electrons. The van der Waals surface area contributed by atoms with Gasteiger partial charge in [-0.15, -0.1) is 0 Å². The van der Waals surface area contributed by atoms with E-state index < -0.39 is 0 Å². The standard InChI is InChI=1S/C19H21ClN4O2/c1-5-26-18-13(11(2)22)8-15(20)14(9-21)17(18)12-6-7-16(23-10-12)19(25)24(3)4/h6-8,10-11H,5,22H2,1-4H3. The van der Waals surface area contributed by atoms with Gasteiger partial charge in [-0.25, -0.2) is 0 Å².